The first-order valence-electron chi connectivity index (χ1n) is 6.27. The van der Waals surface area contributed by atoms with Gasteiger partial charge in [-0.05, 0) is 48.4 Å². The van der Waals surface area contributed by atoms with Gasteiger partial charge in [-0.15, -0.1) is 0 Å². The standard InChI is InChI=1S/C15H15F2N3O/c1-9-2-3-14(13(17)4-9)19-8-10-5-11(15(18)20-21)7-12(16)6-10/h2-7,19,21H,8H2,1H3,(H2,18,20). The van der Waals surface area contributed by atoms with Crippen LogP contribution in [-0.2, 0) is 6.54 Å². The molecule has 0 aliphatic carbocycles. The van der Waals surface area contributed by atoms with Crippen molar-refractivity contribution in [3.63, 3.8) is 0 Å². The largest absolute Gasteiger partial charge is 0.409 e. The van der Waals surface area contributed by atoms with E-state index in [2.05, 4.69) is 10.5 Å². The van der Waals surface area contributed by atoms with Crippen LogP contribution in [0.4, 0.5) is 14.5 Å². The number of rotatable bonds is 4. The molecular weight excluding hydrogens is 276 g/mol. The Morgan fingerprint density at radius 3 is 2.67 bits per heavy atom. The molecule has 21 heavy (non-hydrogen) atoms. The molecule has 0 bridgehead atoms. The molecule has 0 fully saturated rings. The summed E-state index contributed by atoms with van der Waals surface area (Å²) < 4.78 is 27.2. The van der Waals surface area contributed by atoms with Gasteiger partial charge in [-0.25, -0.2) is 8.78 Å². The van der Waals surface area contributed by atoms with E-state index in [1.54, 1.807) is 25.1 Å². The molecule has 0 radical (unpaired) electrons. The molecule has 0 saturated heterocycles. The van der Waals surface area contributed by atoms with Gasteiger partial charge < -0.3 is 16.3 Å². The Kier molecular flexibility index (Phi) is 4.37. The molecule has 6 heteroatoms. The third-order valence-electron chi connectivity index (χ3n) is 2.97. The van der Waals surface area contributed by atoms with Gasteiger partial charge >= 0.3 is 0 Å². The van der Waals surface area contributed by atoms with E-state index in [4.69, 9.17) is 10.9 Å². The van der Waals surface area contributed by atoms with Gasteiger partial charge in [-0.2, -0.15) is 0 Å². The smallest absolute Gasteiger partial charge is 0.170 e. The maximum absolute atomic E-state index is 13.7. The van der Waals surface area contributed by atoms with Crippen LogP contribution in [0.2, 0.25) is 0 Å². The molecule has 0 aliphatic rings. The molecule has 0 spiro atoms. The van der Waals surface area contributed by atoms with Gasteiger partial charge in [-0.1, -0.05) is 11.2 Å². The van der Waals surface area contributed by atoms with Crippen LogP contribution < -0.4 is 11.1 Å². The Labute approximate surface area is 120 Å². The van der Waals surface area contributed by atoms with Crippen molar-refractivity contribution in [2.45, 2.75) is 13.5 Å². The van der Waals surface area contributed by atoms with Gasteiger partial charge in [0.05, 0.1) is 5.69 Å². The van der Waals surface area contributed by atoms with E-state index in [-0.39, 0.29) is 23.8 Å². The topological polar surface area (TPSA) is 70.6 Å². The minimum atomic E-state index is -0.514. The molecule has 4 nitrogen and oxygen atoms in total. The zero-order valence-electron chi connectivity index (χ0n) is 11.4. The fraction of sp³-hybridized carbons (Fsp3) is 0.133. The maximum Gasteiger partial charge on any atom is 0.170 e. The minimum absolute atomic E-state index is 0.183. The number of anilines is 1. The third kappa shape index (κ3) is 3.68. The summed E-state index contributed by atoms with van der Waals surface area (Å²) in [5.74, 6) is -1.07. The van der Waals surface area contributed by atoms with Crippen molar-refractivity contribution in [3.05, 3.63) is 64.7 Å². The molecule has 0 unspecified atom stereocenters. The van der Waals surface area contributed by atoms with Crippen molar-refractivity contribution in [2.75, 3.05) is 5.32 Å². The second kappa shape index (κ2) is 6.21. The minimum Gasteiger partial charge on any atom is -0.409 e. The van der Waals surface area contributed by atoms with Gasteiger partial charge in [0.25, 0.3) is 0 Å². The predicted octanol–water partition coefficient (Wildman–Crippen LogP) is 2.98. The average molecular weight is 291 g/mol. The number of nitrogens with one attached hydrogen (secondary N) is 1. The number of halogens is 2. The normalized spacial score (nSPS) is 11.5. The summed E-state index contributed by atoms with van der Waals surface area (Å²) in [5.41, 5.74) is 7.39. The number of nitrogens with two attached hydrogens (primary N) is 1. The Hall–Kier alpha value is -2.63. The first-order valence-corrected chi connectivity index (χ1v) is 6.27. The Morgan fingerprint density at radius 1 is 1.24 bits per heavy atom. The van der Waals surface area contributed by atoms with E-state index in [1.165, 1.54) is 12.1 Å². The van der Waals surface area contributed by atoms with Gasteiger partial charge in [0.15, 0.2) is 5.84 Å². The lowest BCUT2D eigenvalue weighted by molar-refractivity contribution is 0.318. The van der Waals surface area contributed by atoms with Crippen LogP contribution in [0.3, 0.4) is 0 Å². The average Bonchev–Trinajstić information content (AvgIpc) is 2.45. The highest BCUT2D eigenvalue weighted by molar-refractivity contribution is 5.97. The van der Waals surface area contributed by atoms with E-state index in [1.807, 2.05) is 0 Å². The molecule has 2 aromatic carbocycles. The quantitative estimate of drug-likeness (QED) is 0.351. The van der Waals surface area contributed by atoms with E-state index in [9.17, 15) is 8.78 Å². The van der Waals surface area contributed by atoms with Crippen LogP contribution in [0.1, 0.15) is 16.7 Å². The highest BCUT2D eigenvalue weighted by Gasteiger charge is 2.06. The van der Waals surface area contributed by atoms with Gasteiger partial charge in [-0.3, -0.25) is 0 Å². The van der Waals surface area contributed by atoms with Crippen molar-refractivity contribution in [1.82, 2.24) is 0 Å². The number of amidine groups is 1. The van der Waals surface area contributed by atoms with Crippen LogP contribution in [0, 0.1) is 18.6 Å². The molecule has 0 aliphatic heterocycles. The predicted molar refractivity (Wildman–Crippen MR) is 77.4 cm³/mol. The van der Waals surface area contributed by atoms with Crippen LogP contribution in [0.15, 0.2) is 41.6 Å². The highest BCUT2D eigenvalue weighted by atomic mass is 19.1. The van der Waals surface area contributed by atoms with Gasteiger partial charge in [0.2, 0.25) is 0 Å². The molecule has 0 aromatic heterocycles. The van der Waals surface area contributed by atoms with E-state index < -0.39 is 5.82 Å². The number of aryl methyl sites for hydroxylation is 1. The summed E-state index contributed by atoms with van der Waals surface area (Å²) >= 11 is 0. The van der Waals surface area contributed by atoms with Crippen molar-refractivity contribution in [2.24, 2.45) is 10.9 Å². The first-order chi connectivity index (χ1) is 9.99. The van der Waals surface area contributed by atoms with Crippen LogP contribution in [-0.4, -0.2) is 11.0 Å². The lowest BCUT2D eigenvalue weighted by Gasteiger charge is -2.10. The van der Waals surface area contributed by atoms with Crippen molar-refractivity contribution in [1.29, 1.82) is 0 Å². The molecule has 0 atom stereocenters. The second-order valence-corrected chi connectivity index (χ2v) is 4.67. The zero-order valence-corrected chi connectivity index (χ0v) is 11.4. The zero-order chi connectivity index (χ0) is 15.4. The van der Waals surface area contributed by atoms with Crippen LogP contribution >= 0.6 is 0 Å². The molecule has 4 N–H and O–H groups in total. The maximum atomic E-state index is 13.7. The SMILES string of the molecule is Cc1ccc(NCc2cc(F)cc(/C(N)=N/O)c2)c(F)c1. The van der Waals surface area contributed by atoms with Crippen molar-refractivity contribution >= 4 is 11.5 Å². The monoisotopic (exact) mass is 291 g/mol. The number of oxime groups is 1. The third-order valence-corrected chi connectivity index (χ3v) is 2.97. The molecular formula is C15H15F2N3O. The Morgan fingerprint density at radius 2 is 2.00 bits per heavy atom. The highest BCUT2D eigenvalue weighted by Crippen LogP contribution is 2.17. The lowest BCUT2D eigenvalue weighted by Crippen LogP contribution is -2.14. The molecule has 2 aromatic rings. The van der Waals surface area contributed by atoms with E-state index in [0.717, 1.165) is 11.6 Å². The van der Waals surface area contributed by atoms with Crippen LogP contribution in [0.25, 0.3) is 0 Å². The summed E-state index contributed by atoms with van der Waals surface area (Å²) in [6, 6.07) is 8.83. The van der Waals surface area contributed by atoms with Crippen molar-refractivity contribution < 1.29 is 14.0 Å². The number of hydrogen-bond donors (Lipinski definition) is 3. The second-order valence-electron chi connectivity index (χ2n) is 4.67. The summed E-state index contributed by atoms with van der Waals surface area (Å²) in [6.45, 7) is 2.01. The van der Waals surface area contributed by atoms with Crippen LogP contribution in [0.5, 0.6) is 0 Å². The van der Waals surface area contributed by atoms with Crippen molar-refractivity contribution in [3.8, 4) is 0 Å². The fourth-order valence-corrected chi connectivity index (χ4v) is 1.92. The Bertz CT molecular complexity index is 687. The number of nitrogens with zero attached hydrogens (tertiary/aromatic N) is 1. The molecule has 110 valence electrons. The lowest BCUT2D eigenvalue weighted by atomic mass is 10.1. The summed E-state index contributed by atoms with van der Waals surface area (Å²) in [6.07, 6.45) is 0. The van der Waals surface area contributed by atoms with Gasteiger partial charge in [0, 0.05) is 12.1 Å². The van der Waals surface area contributed by atoms with Gasteiger partial charge in [0.1, 0.15) is 11.6 Å². The number of hydrogen-bond acceptors (Lipinski definition) is 3. The molecule has 0 amide bonds. The summed E-state index contributed by atoms with van der Waals surface area (Å²) in [5, 5.41) is 14.3. The van der Waals surface area contributed by atoms with E-state index in [0.29, 0.717) is 11.3 Å². The molecule has 2 rings (SSSR count). The fourth-order valence-electron chi connectivity index (χ4n) is 1.92. The summed E-state index contributed by atoms with van der Waals surface area (Å²) in [7, 11) is 0. The number of benzene rings is 2. The molecule has 0 saturated carbocycles. The summed E-state index contributed by atoms with van der Waals surface area (Å²) in [4.78, 5) is 0. The molecule has 0 heterocycles. The van der Waals surface area contributed by atoms with E-state index >= 15 is 0 Å². The Balaban J connectivity index is 2.18. The first kappa shape index (κ1) is 14.8.